The molecule has 0 saturated heterocycles. The van der Waals surface area contributed by atoms with Crippen molar-refractivity contribution >= 4 is 34.8 Å². The number of carbonyl (C=O) groups is 5. The van der Waals surface area contributed by atoms with Gasteiger partial charge >= 0.3 is 0 Å². The predicted molar refractivity (Wildman–Crippen MR) is 111 cm³/mol. The fraction of sp³-hybridized carbons (Fsp3) is 0.348. The third-order valence-electron chi connectivity index (χ3n) is 6.82. The van der Waals surface area contributed by atoms with Crippen molar-refractivity contribution < 1.29 is 44.4 Å². The minimum Gasteiger partial charge on any atom is -0.508 e. The number of carbonyl (C=O) groups excluding carboxylic acids is 5. The average Bonchev–Trinajstić information content (AvgIpc) is 2.70. The largest absolute Gasteiger partial charge is 0.508 e. The van der Waals surface area contributed by atoms with Crippen LogP contribution in [0.25, 0.3) is 5.76 Å². The van der Waals surface area contributed by atoms with Gasteiger partial charge in [0.15, 0.2) is 23.0 Å². The summed E-state index contributed by atoms with van der Waals surface area (Å²) in [6.07, 6.45) is -0.486. The first-order chi connectivity index (χ1) is 15.3. The van der Waals surface area contributed by atoms with E-state index in [0.717, 1.165) is 6.92 Å². The highest BCUT2D eigenvalue weighted by Gasteiger charge is 2.60. The molecule has 4 rings (SSSR count). The van der Waals surface area contributed by atoms with E-state index < -0.39 is 75.7 Å². The first kappa shape index (κ1) is 22.4. The highest BCUT2D eigenvalue weighted by Crippen LogP contribution is 2.52. The monoisotopic (exact) mass is 455 g/mol. The molecule has 33 heavy (non-hydrogen) atoms. The Kier molecular flexibility index (Phi) is 4.83. The minimum atomic E-state index is -2.67. The Hall–Kier alpha value is -3.79. The number of phenols is 1. The Labute approximate surface area is 187 Å². The van der Waals surface area contributed by atoms with E-state index in [1.54, 1.807) is 0 Å². The fourth-order valence-electron chi connectivity index (χ4n) is 5.27. The number of aliphatic hydroxyl groups is 3. The Bertz CT molecular complexity index is 1270. The third-order valence-corrected chi connectivity index (χ3v) is 6.82. The number of nitrogens with two attached hydrogens (primary N) is 1. The van der Waals surface area contributed by atoms with Gasteiger partial charge in [0.1, 0.15) is 22.8 Å². The van der Waals surface area contributed by atoms with Gasteiger partial charge in [-0.1, -0.05) is 0 Å². The van der Waals surface area contributed by atoms with Gasteiger partial charge in [-0.05, 0) is 44.2 Å². The summed E-state index contributed by atoms with van der Waals surface area (Å²) in [6.45, 7) is 2.42. The molecule has 10 heteroatoms. The molecule has 0 aliphatic heterocycles. The smallest absolute Gasteiger partial charge is 0.255 e. The second kappa shape index (κ2) is 7.11. The van der Waals surface area contributed by atoms with Crippen molar-refractivity contribution in [2.75, 3.05) is 0 Å². The maximum atomic E-state index is 13.4. The summed E-state index contributed by atoms with van der Waals surface area (Å²) >= 11 is 0. The van der Waals surface area contributed by atoms with Crippen molar-refractivity contribution in [2.24, 2.45) is 17.6 Å². The molecule has 1 aromatic carbocycles. The Balaban J connectivity index is 2.00. The molecule has 1 amide bonds. The van der Waals surface area contributed by atoms with E-state index in [0.29, 0.717) is 0 Å². The summed E-state index contributed by atoms with van der Waals surface area (Å²) in [4.78, 5) is 61.7. The lowest BCUT2D eigenvalue weighted by Gasteiger charge is -2.46. The zero-order valence-electron chi connectivity index (χ0n) is 17.8. The van der Waals surface area contributed by atoms with Crippen LogP contribution in [0.2, 0.25) is 0 Å². The van der Waals surface area contributed by atoms with Crippen LogP contribution in [0.1, 0.15) is 58.5 Å². The van der Waals surface area contributed by atoms with Crippen LogP contribution in [-0.2, 0) is 20.8 Å². The molecule has 3 atom stereocenters. The number of ketones is 4. The lowest BCUT2D eigenvalue weighted by atomic mass is 9.59. The molecule has 0 bridgehead atoms. The number of phenolic OH excluding ortho intramolecular Hbond substituents is 1. The number of rotatable bonds is 3. The Morgan fingerprint density at radius 2 is 1.64 bits per heavy atom. The Morgan fingerprint density at radius 1 is 1.03 bits per heavy atom. The van der Waals surface area contributed by atoms with E-state index in [1.807, 2.05) is 0 Å². The van der Waals surface area contributed by atoms with Crippen LogP contribution in [0.15, 0.2) is 23.0 Å². The average molecular weight is 455 g/mol. The third kappa shape index (κ3) is 2.87. The van der Waals surface area contributed by atoms with Gasteiger partial charge in [-0.3, -0.25) is 24.0 Å². The van der Waals surface area contributed by atoms with E-state index in [4.69, 9.17) is 5.73 Å². The molecule has 0 unspecified atom stereocenters. The number of hydrogen-bond donors (Lipinski definition) is 5. The second-order valence-corrected chi connectivity index (χ2v) is 8.69. The number of amides is 1. The van der Waals surface area contributed by atoms with Crippen LogP contribution in [0.4, 0.5) is 0 Å². The first-order valence-electron chi connectivity index (χ1n) is 10.2. The lowest BCUT2D eigenvalue weighted by molar-refractivity contribution is -0.147. The van der Waals surface area contributed by atoms with E-state index in [1.165, 1.54) is 13.0 Å². The molecule has 172 valence electrons. The number of Topliss-reactive ketones (excluding diaryl/α,β-unsaturated/α-hetero) is 4. The topological polar surface area (TPSA) is 192 Å². The zero-order chi connectivity index (χ0) is 24.6. The minimum absolute atomic E-state index is 0.00491. The summed E-state index contributed by atoms with van der Waals surface area (Å²) in [5.74, 6) is -8.67. The van der Waals surface area contributed by atoms with Gasteiger partial charge in [0.25, 0.3) is 5.91 Å². The van der Waals surface area contributed by atoms with Gasteiger partial charge in [-0.15, -0.1) is 0 Å². The van der Waals surface area contributed by atoms with Crippen LogP contribution in [0.5, 0.6) is 5.75 Å². The van der Waals surface area contributed by atoms with Gasteiger partial charge in [-0.2, -0.15) is 0 Å². The van der Waals surface area contributed by atoms with Gasteiger partial charge in [-0.25, -0.2) is 0 Å². The van der Waals surface area contributed by atoms with Crippen molar-refractivity contribution in [3.05, 3.63) is 45.2 Å². The van der Waals surface area contributed by atoms with Crippen molar-refractivity contribution in [1.82, 2.24) is 0 Å². The number of aromatic hydroxyl groups is 1. The van der Waals surface area contributed by atoms with E-state index in [-0.39, 0.29) is 40.7 Å². The van der Waals surface area contributed by atoms with Crippen molar-refractivity contribution in [1.29, 1.82) is 0 Å². The normalized spacial score (nSPS) is 26.5. The maximum Gasteiger partial charge on any atom is 0.255 e. The van der Waals surface area contributed by atoms with Gasteiger partial charge in [0.05, 0.1) is 11.1 Å². The van der Waals surface area contributed by atoms with E-state index in [9.17, 15) is 44.4 Å². The molecular formula is C23H21NO9. The van der Waals surface area contributed by atoms with Crippen LogP contribution in [-0.4, -0.2) is 55.1 Å². The number of aliphatic hydroxyl groups excluding tert-OH is 2. The first-order valence-corrected chi connectivity index (χ1v) is 10.2. The molecule has 0 radical (unpaired) electrons. The van der Waals surface area contributed by atoms with Crippen molar-refractivity contribution in [2.45, 2.75) is 38.7 Å². The molecule has 1 saturated carbocycles. The molecule has 3 aliphatic rings. The molecule has 6 N–H and O–H groups in total. The van der Waals surface area contributed by atoms with E-state index >= 15 is 0 Å². The number of hydrogen-bond acceptors (Lipinski definition) is 9. The van der Waals surface area contributed by atoms with Crippen LogP contribution in [0.3, 0.4) is 0 Å². The standard InChI is InChI=1S/C23H21NO9/c1-7(25)11-6-12(8(2)26)18(28)16-13(11)4-9-3-10-5-14(27)17(22(24)32)21(31)23(10,33)20(30)15(9)19(16)29/h6,9-10,28-29,31,33H,3-5H2,1-2H3,(H2,24,32)/t9-,10+,23+/m1/s1. The molecule has 0 heterocycles. The van der Waals surface area contributed by atoms with Crippen molar-refractivity contribution in [3.8, 4) is 5.75 Å². The number of fused-ring (bicyclic) bond motifs is 3. The van der Waals surface area contributed by atoms with Crippen LogP contribution in [0, 0.1) is 11.8 Å². The highest BCUT2D eigenvalue weighted by atomic mass is 16.3. The number of primary amides is 1. The predicted octanol–water partition coefficient (Wildman–Crippen LogP) is 0.829. The summed E-state index contributed by atoms with van der Waals surface area (Å²) in [7, 11) is 0. The summed E-state index contributed by atoms with van der Waals surface area (Å²) in [5, 5.41) is 43.5. The van der Waals surface area contributed by atoms with Gasteiger partial charge < -0.3 is 26.2 Å². The quantitative estimate of drug-likeness (QED) is 0.324. The number of benzene rings is 1. The van der Waals surface area contributed by atoms with E-state index in [2.05, 4.69) is 0 Å². The lowest BCUT2D eigenvalue weighted by Crippen LogP contribution is -2.58. The fourth-order valence-corrected chi connectivity index (χ4v) is 5.27. The van der Waals surface area contributed by atoms with Crippen LogP contribution >= 0.6 is 0 Å². The second-order valence-electron chi connectivity index (χ2n) is 8.69. The molecule has 1 fully saturated rings. The molecule has 1 aromatic rings. The van der Waals surface area contributed by atoms with Gasteiger partial charge in [0, 0.05) is 23.5 Å². The molecule has 3 aliphatic carbocycles. The van der Waals surface area contributed by atoms with Crippen molar-refractivity contribution in [3.63, 3.8) is 0 Å². The molecule has 0 aromatic heterocycles. The molecular weight excluding hydrogens is 434 g/mol. The maximum absolute atomic E-state index is 13.4. The zero-order valence-corrected chi connectivity index (χ0v) is 17.8. The summed E-state index contributed by atoms with van der Waals surface area (Å²) in [6, 6.07) is 1.23. The van der Waals surface area contributed by atoms with Gasteiger partial charge in [0.2, 0.25) is 5.78 Å². The SMILES string of the molecule is CC(=O)c1cc(C(C)=O)c2c(c1O)C(O)=C1C(=O)[C@]3(O)C(O)=C(C(N)=O)C(=O)C[C@@H]3C[C@@H]1C2. The Morgan fingerprint density at radius 3 is 2.18 bits per heavy atom. The summed E-state index contributed by atoms with van der Waals surface area (Å²) in [5.41, 5.74) is 1.07. The molecule has 10 nitrogen and oxygen atoms in total. The summed E-state index contributed by atoms with van der Waals surface area (Å²) < 4.78 is 0. The molecule has 0 spiro atoms. The highest BCUT2D eigenvalue weighted by molar-refractivity contribution is 6.23. The van der Waals surface area contributed by atoms with Crippen LogP contribution < -0.4 is 5.73 Å².